The Hall–Kier alpha value is -2.09. The third kappa shape index (κ3) is 5.19. The van der Waals surface area contributed by atoms with Crippen LogP contribution in [0.3, 0.4) is 0 Å². The highest BCUT2D eigenvalue weighted by molar-refractivity contribution is 5.81. The van der Waals surface area contributed by atoms with Crippen LogP contribution in [-0.2, 0) is 10.2 Å². The topological polar surface area (TPSA) is 37.3 Å². The van der Waals surface area contributed by atoms with Crippen LogP contribution in [0.2, 0.25) is 0 Å². The average molecular weight is 338 g/mol. The molecule has 2 rings (SSSR count). The predicted molar refractivity (Wildman–Crippen MR) is 106 cm³/mol. The van der Waals surface area contributed by atoms with E-state index >= 15 is 0 Å². The lowest BCUT2D eigenvalue weighted by Crippen LogP contribution is -2.26. The highest BCUT2D eigenvalue weighted by Gasteiger charge is 2.30. The molecule has 0 atom stereocenters. The van der Waals surface area contributed by atoms with Crippen LogP contribution in [0.5, 0.6) is 0 Å². The van der Waals surface area contributed by atoms with Gasteiger partial charge >= 0.3 is 5.97 Å². The Balaban J connectivity index is 2.25. The Bertz CT molecular complexity index is 714. The van der Waals surface area contributed by atoms with E-state index in [1.165, 1.54) is 60.4 Å². The summed E-state index contributed by atoms with van der Waals surface area (Å²) < 4.78 is 0. The SMILES string of the molecule is CC(C=CC=C(C)c1ccc(C)c(C2(C)CCCCC2)c1)=CC(=O)O. The molecule has 1 aromatic rings. The molecule has 0 saturated heterocycles. The van der Waals surface area contributed by atoms with Gasteiger partial charge in [-0.15, -0.1) is 0 Å². The highest BCUT2D eigenvalue weighted by Crippen LogP contribution is 2.41. The van der Waals surface area contributed by atoms with E-state index in [0.29, 0.717) is 5.41 Å². The van der Waals surface area contributed by atoms with Crippen molar-refractivity contribution in [3.8, 4) is 0 Å². The van der Waals surface area contributed by atoms with Crippen LogP contribution in [0.4, 0.5) is 0 Å². The first kappa shape index (κ1) is 19.2. The van der Waals surface area contributed by atoms with Gasteiger partial charge in [-0.1, -0.05) is 62.6 Å². The number of hydrogen-bond donors (Lipinski definition) is 1. The van der Waals surface area contributed by atoms with Gasteiger partial charge in [0.1, 0.15) is 0 Å². The number of benzene rings is 1. The summed E-state index contributed by atoms with van der Waals surface area (Å²) in [5, 5.41) is 8.75. The number of carboxylic acids is 1. The highest BCUT2D eigenvalue weighted by atomic mass is 16.4. The van der Waals surface area contributed by atoms with Crippen molar-refractivity contribution < 1.29 is 9.90 Å². The average Bonchev–Trinajstić information content (AvgIpc) is 2.55. The van der Waals surface area contributed by atoms with E-state index in [9.17, 15) is 4.79 Å². The number of rotatable bonds is 5. The molecule has 2 nitrogen and oxygen atoms in total. The molecule has 0 bridgehead atoms. The third-order valence-corrected chi connectivity index (χ3v) is 5.36. The number of hydrogen-bond acceptors (Lipinski definition) is 1. The van der Waals surface area contributed by atoms with Crippen LogP contribution in [0.1, 0.15) is 69.6 Å². The lowest BCUT2D eigenvalue weighted by molar-refractivity contribution is -0.131. The summed E-state index contributed by atoms with van der Waals surface area (Å²) in [4.78, 5) is 10.7. The molecule has 0 amide bonds. The molecule has 0 radical (unpaired) electrons. The zero-order valence-corrected chi connectivity index (χ0v) is 15.9. The molecule has 0 unspecified atom stereocenters. The van der Waals surface area contributed by atoms with Crippen LogP contribution in [0.15, 0.2) is 48.1 Å². The van der Waals surface area contributed by atoms with Gasteiger partial charge < -0.3 is 5.11 Å². The smallest absolute Gasteiger partial charge is 0.328 e. The van der Waals surface area contributed by atoms with Crippen LogP contribution < -0.4 is 0 Å². The molecular formula is C23H30O2. The lowest BCUT2D eigenvalue weighted by atomic mass is 9.69. The number of aliphatic carboxylic acids is 1. The van der Waals surface area contributed by atoms with Crippen molar-refractivity contribution in [1.82, 2.24) is 0 Å². The van der Waals surface area contributed by atoms with E-state index in [0.717, 1.165) is 5.57 Å². The maximum absolute atomic E-state index is 10.7. The van der Waals surface area contributed by atoms with Crippen LogP contribution >= 0.6 is 0 Å². The normalized spacial score (nSPS) is 18.6. The van der Waals surface area contributed by atoms with Gasteiger partial charge in [-0.05, 0) is 66.9 Å². The van der Waals surface area contributed by atoms with E-state index in [1.807, 2.05) is 12.2 Å². The number of carbonyl (C=O) groups is 1. The van der Waals surface area contributed by atoms with Crippen molar-refractivity contribution in [2.75, 3.05) is 0 Å². The summed E-state index contributed by atoms with van der Waals surface area (Å²) in [7, 11) is 0. The first-order chi connectivity index (χ1) is 11.8. The lowest BCUT2D eigenvalue weighted by Gasteiger charge is -2.35. The fraction of sp³-hybridized carbons (Fsp3) is 0.435. The summed E-state index contributed by atoms with van der Waals surface area (Å²) in [6.45, 7) is 8.54. The van der Waals surface area contributed by atoms with E-state index < -0.39 is 5.97 Å². The van der Waals surface area contributed by atoms with E-state index in [4.69, 9.17) is 5.11 Å². The van der Waals surface area contributed by atoms with Crippen LogP contribution in [0, 0.1) is 6.92 Å². The van der Waals surface area contributed by atoms with Crippen LogP contribution in [-0.4, -0.2) is 11.1 Å². The molecule has 1 N–H and O–H groups in total. The molecule has 1 fully saturated rings. The second-order valence-corrected chi connectivity index (χ2v) is 7.59. The van der Waals surface area contributed by atoms with Gasteiger partial charge in [0.05, 0.1) is 0 Å². The van der Waals surface area contributed by atoms with Gasteiger partial charge in [0.25, 0.3) is 0 Å². The fourth-order valence-corrected chi connectivity index (χ4v) is 3.80. The minimum atomic E-state index is -0.910. The van der Waals surface area contributed by atoms with Gasteiger partial charge in [0.15, 0.2) is 0 Å². The number of aryl methyl sites for hydroxylation is 1. The van der Waals surface area contributed by atoms with Gasteiger partial charge in [0.2, 0.25) is 0 Å². The number of carboxylic acid groups (broad SMARTS) is 1. The Kier molecular flexibility index (Phi) is 6.41. The summed E-state index contributed by atoms with van der Waals surface area (Å²) in [5.41, 5.74) is 6.35. The molecule has 0 spiro atoms. The molecule has 1 aliphatic carbocycles. The van der Waals surface area contributed by atoms with Gasteiger partial charge in [0, 0.05) is 6.08 Å². The van der Waals surface area contributed by atoms with Crippen LogP contribution in [0.25, 0.3) is 5.57 Å². The maximum atomic E-state index is 10.7. The molecule has 0 aliphatic heterocycles. The quantitative estimate of drug-likeness (QED) is 0.512. The predicted octanol–water partition coefficient (Wildman–Crippen LogP) is 6.21. The minimum absolute atomic E-state index is 0.301. The first-order valence-corrected chi connectivity index (χ1v) is 9.19. The van der Waals surface area contributed by atoms with E-state index in [1.54, 1.807) is 6.92 Å². The van der Waals surface area contributed by atoms with Crippen molar-refractivity contribution in [3.05, 3.63) is 64.8 Å². The standard InChI is InChI=1S/C23H30O2/c1-17(15-22(24)25)9-8-10-18(2)20-12-11-19(3)21(16-20)23(4)13-6-5-7-14-23/h8-12,15-16H,5-7,13-14H2,1-4H3,(H,24,25). The fourth-order valence-electron chi connectivity index (χ4n) is 3.80. The van der Waals surface area contributed by atoms with Crippen molar-refractivity contribution in [1.29, 1.82) is 0 Å². The molecule has 25 heavy (non-hydrogen) atoms. The molecule has 1 aliphatic rings. The summed E-state index contributed by atoms with van der Waals surface area (Å²) >= 11 is 0. The molecule has 2 heteroatoms. The molecule has 0 aromatic heterocycles. The maximum Gasteiger partial charge on any atom is 0.328 e. The molecular weight excluding hydrogens is 308 g/mol. The zero-order chi connectivity index (χ0) is 18.4. The zero-order valence-electron chi connectivity index (χ0n) is 15.9. The Morgan fingerprint density at radius 3 is 2.48 bits per heavy atom. The summed E-state index contributed by atoms with van der Waals surface area (Å²) in [6, 6.07) is 6.78. The Labute approximate surface area is 152 Å². The molecule has 134 valence electrons. The third-order valence-electron chi connectivity index (χ3n) is 5.36. The Morgan fingerprint density at radius 2 is 1.84 bits per heavy atom. The molecule has 1 aromatic carbocycles. The summed E-state index contributed by atoms with van der Waals surface area (Å²) in [5.74, 6) is -0.910. The van der Waals surface area contributed by atoms with Crippen molar-refractivity contribution in [2.24, 2.45) is 0 Å². The molecule has 1 saturated carbocycles. The van der Waals surface area contributed by atoms with Crippen molar-refractivity contribution in [3.63, 3.8) is 0 Å². The molecule has 0 heterocycles. The van der Waals surface area contributed by atoms with Gasteiger partial charge in [-0.25, -0.2) is 4.79 Å². The van der Waals surface area contributed by atoms with Crippen molar-refractivity contribution in [2.45, 2.75) is 65.2 Å². The number of allylic oxidation sites excluding steroid dienone is 5. The first-order valence-electron chi connectivity index (χ1n) is 9.19. The second-order valence-electron chi connectivity index (χ2n) is 7.59. The van der Waals surface area contributed by atoms with Crippen molar-refractivity contribution >= 4 is 11.5 Å². The largest absolute Gasteiger partial charge is 0.478 e. The summed E-state index contributed by atoms with van der Waals surface area (Å²) in [6.07, 6.45) is 13.6. The second kappa shape index (κ2) is 8.33. The minimum Gasteiger partial charge on any atom is -0.478 e. The monoisotopic (exact) mass is 338 g/mol. The van der Waals surface area contributed by atoms with Gasteiger partial charge in [-0.3, -0.25) is 0 Å². The van der Waals surface area contributed by atoms with E-state index in [-0.39, 0.29) is 0 Å². The van der Waals surface area contributed by atoms with Gasteiger partial charge in [-0.2, -0.15) is 0 Å². The van der Waals surface area contributed by atoms with E-state index in [2.05, 4.69) is 45.0 Å². The Morgan fingerprint density at radius 1 is 1.16 bits per heavy atom.